The van der Waals surface area contributed by atoms with Crippen LogP contribution in [0.5, 0.6) is 0 Å². The Hall–Kier alpha value is -1.03. The molecular weight excluding hydrogens is 214 g/mol. The predicted molar refractivity (Wildman–Crippen MR) is 66.9 cm³/mol. The topological polar surface area (TPSA) is 53.1 Å². The molecule has 1 saturated carbocycles. The average Bonchev–Trinajstić information content (AvgIpc) is 2.55. The Bertz CT molecular complexity index is 434. The summed E-state index contributed by atoms with van der Waals surface area (Å²) in [7, 11) is 0. The molecule has 1 aromatic heterocycles. The first-order chi connectivity index (χ1) is 8.11. The van der Waals surface area contributed by atoms with Gasteiger partial charge in [-0.25, -0.2) is 0 Å². The van der Waals surface area contributed by atoms with Crippen LogP contribution in [0.2, 0.25) is 0 Å². The van der Waals surface area contributed by atoms with Crippen molar-refractivity contribution in [1.82, 2.24) is 9.78 Å². The van der Waals surface area contributed by atoms with Gasteiger partial charge in [0.25, 0.3) is 0 Å². The second-order valence-electron chi connectivity index (χ2n) is 5.56. The molecule has 2 aliphatic rings. The number of aromatic nitrogens is 2. The first-order valence-electron chi connectivity index (χ1n) is 6.56. The summed E-state index contributed by atoms with van der Waals surface area (Å²) in [6, 6.07) is 0.472. The molecule has 17 heavy (non-hydrogen) atoms. The van der Waals surface area contributed by atoms with Gasteiger partial charge in [-0.1, -0.05) is 0 Å². The van der Waals surface area contributed by atoms with E-state index in [2.05, 4.69) is 16.7 Å². The molecule has 0 amide bonds. The number of aryl methyl sites for hydroxylation is 1. The van der Waals surface area contributed by atoms with E-state index < -0.39 is 0 Å². The van der Waals surface area contributed by atoms with Gasteiger partial charge in [-0.05, 0) is 46.0 Å². The van der Waals surface area contributed by atoms with Crippen LogP contribution >= 0.6 is 0 Å². The van der Waals surface area contributed by atoms with Gasteiger partial charge in [0.2, 0.25) is 0 Å². The smallest absolute Gasteiger partial charge is 0.0826 e. The Balaban J connectivity index is 1.85. The van der Waals surface area contributed by atoms with Crippen LogP contribution in [0.1, 0.15) is 49.5 Å². The molecule has 4 heteroatoms. The van der Waals surface area contributed by atoms with Crippen molar-refractivity contribution < 1.29 is 4.74 Å². The van der Waals surface area contributed by atoms with E-state index in [4.69, 9.17) is 10.5 Å². The van der Waals surface area contributed by atoms with Gasteiger partial charge in [0.1, 0.15) is 0 Å². The van der Waals surface area contributed by atoms with E-state index in [1.165, 1.54) is 19.3 Å². The van der Waals surface area contributed by atoms with Gasteiger partial charge >= 0.3 is 0 Å². The number of nitrogens with zero attached hydrogens (tertiary/aromatic N) is 2. The lowest BCUT2D eigenvalue weighted by atomic mass is 9.74. The van der Waals surface area contributed by atoms with Crippen molar-refractivity contribution in [3.63, 3.8) is 0 Å². The Morgan fingerprint density at radius 2 is 2.18 bits per heavy atom. The van der Waals surface area contributed by atoms with Crippen molar-refractivity contribution in [3.05, 3.63) is 11.4 Å². The predicted octanol–water partition coefficient (Wildman–Crippen LogP) is 2.36. The van der Waals surface area contributed by atoms with Crippen LogP contribution < -0.4 is 5.73 Å². The molecule has 1 unspecified atom stereocenters. The minimum absolute atomic E-state index is 0.171. The second kappa shape index (κ2) is 3.73. The monoisotopic (exact) mass is 235 g/mol. The van der Waals surface area contributed by atoms with Gasteiger partial charge in [0.15, 0.2) is 0 Å². The third kappa shape index (κ3) is 1.66. The number of nitrogens with two attached hydrogens (primary N) is 1. The van der Waals surface area contributed by atoms with Crippen molar-refractivity contribution in [1.29, 1.82) is 0 Å². The molecular formula is C13H21N3O. The van der Waals surface area contributed by atoms with Crippen molar-refractivity contribution in [3.8, 4) is 0 Å². The molecule has 3 rings (SSSR count). The maximum Gasteiger partial charge on any atom is 0.0826 e. The largest absolute Gasteiger partial charge is 0.396 e. The van der Waals surface area contributed by atoms with Crippen LogP contribution in [0.25, 0.3) is 0 Å². The van der Waals surface area contributed by atoms with Gasteiger partial charge in [-0.2, -0.15) is 5.10 Å². The third-order valence-corrected chi connectivity index (χ3v) is 4.46. The number of hydrogen-bond acceptors (Lipinski definition) is 3. The minimum atomic E-state index is 0.171. The minimum Gasteiger partial charge on any atom is -0.396 e. The van der Waals surface area contributed by atoms with E-state index in [1.807, 2.05) is 6.92 Å². The molecule has 1 atom stereocenters. The van der Waals surface area contributed by atoms with E-state index in [9.17, 15) is 0 Å². The van der Waals surface area contributed by atoms with Gasteiger partial charge in [-0.3, -0.25) is 4.68 Å². The van der Waals surface area contributed by atoms with Gasteiger partial charge in [-0.15, -0.1) is 0 Å². The van der Waals surface area contributed by atoms with Crippen molar-refractivity contribution in [2.75, 3.05) is 12.3 Å². The summed E-state index contributed by atoms with van der Waals surface area (Å²) < 4.78 is 8.09. The molecule has 1 saturated heterocycles. The van der Waals surface area contributed by atoms with Crippen LogP contribution in [-0.2, 0) is 4.74 Å². The number of ether oxygens (including phenoxy) is 1. The summed E-state index contributed by atoms with van der Waals surface area (Å²) in [4.78, 5) is 0. The lowest BCUT2D eigenvalue weighted by Gasteiger charge is -2.47. The fourth-order valence-electron chi connectivity index (χ4n) is 3.16. The molecule has 1 aliphatic carbocycles. The highest BCUT2D eigenvalue weighted by atomic mass is 16.5. The van der Waals surface area contributed by atoms with Crippen LogP contribution in [-0.4, -0.2) is 22.0 Å². The molecule has 4 nitrogen and oxygen atoms in total. The van der Waals surface area contributed by atoms with Crippen LogP contribution in [0, 0.1) is 13.8 Å². The standard InChI is InChI=1S/C13H21N3O/c1-9-12(14)10(2)16(15-9)11-4-7-17-13(8-11)5-3-6-13/h11H,3-8,14H2,1-2H3. The molecule has 0 radical (unpaired) electrons. The molecule has 0 aromatic carbocycles. The van der Waals surface area contributed by atoms with Crippen molar-refractivity contribution >= 4 is 5.69 Å². The van der Waals surface area contributed by atoms with Crippen LogP contribution in [0.3, 0.4) is 0 Å². The second-order valence-corrected chi connectivity index (χ2v) is 5.56. The highest BCUT2D eigenvalue weighted by Gasteiger charge is 2.43. The van der Waals surface area contributed by atoms with Crippen LogP contribution in [0.4, 0.5) is 5.69 Å². The first-order valence-corrected chi connectivity index (χ1v) is 6.56. The maximum atomic E-state index is 6.01. The maximum absolute atomic E-state index is 6.01. The SMILES string of the molecule is Cc1nn(C2CCOC3(CCC3)C2)c(C)c1N. The number of rotatable bonds is 1. The van der Waals surface area contributed by atoms with Gasteiger partial charge < -0.3 is 10.5 Å². The highest BCUT2D eigenvalue weighted by Crippen LogP contribution is 2.45. The quantitative estimate of drug-likeness (QED) is 0.813. The summed E-state index contributed by atoms with van der Waals surface area (Å²) >= 11 is 0. The summed E-state index contributed by atoms with van der Waals surface area (Å²) in [5.74, 6) is 0. The Morgan fingerprint density at radius 1 is 1.41 bits per heavy atom. The zero-order valence-corrected chi connectivity index (χ0v) is 10.7. The molecule has 2 N–H and O–H groups in total. The van der Waals surface area contributed by atoms with Crippen molar-refractivity contribution in [2.24, 2.45) is 0 Å². The van der Waals surface area contributed by atoms with Gasteiger partial charge in [0, 0.05) is 6.61 Å². The highest BCUT2D eigenvalue weighted by molar-refractivity contribution is 5.47. The fraction of sp³-hybridized carbons (Fsp3) is 0.769. The van der Waals surface area contributed by atoms with E-state index in [-0.39, 0.29) is 5.60 Å². The van der Waals surface area contributed by atoms with E-state index in [0.29, 0.717) is 6.04 Å². The first kappa shape index (κ1) is 11.1. The zero-order chi connectivity index (χ0) is 12.0. The van der Waals surface area contributed by atoms with E-state index in [0.717, 1.165) is 36.5 Å². The van der Waals surface area contributed by atoms with Crippen LogP contribution in [0.15, 0.2) is 0 Å². The average molecular weight is 235 g/mol. The number of nitrogen functional groups attached to an aromatic ring is 1. The molecule has 2 fully saturated rings. The zero-order valence-electron chi connectivity index (χ0n) is 10.7. The molecule has 1 aromatic rings. The molecule has 0 bridgehead atoms. The lowest BCUT2D eigenvalue weighted by Crippen LogP contribution is -2.46. The molecule has 2 heterocycles. The normalized spacial score (nSPS) is 27.1. The number of hydrogen-bond donors (Lipinski definition) is 1. The van der Waals surface area contributed by atoms with Gasteiger partial charge in [0.05, 0.1) is 28.7 Å². The molecule has 1 spiro atoms. The van der Waals surface area contributed by atoms with E-state index >= 15 is 0 Å². The third-order valence-electron chi connectivity index (χ3n) is 4.46. The Morgan fingerprint density at radius 3 is 2.71 bits per heavy atom. The summed E-state index contributed by atoms with van der Waals surface area (Å²) in [6.45, 7) is 4.92. The Kier molecular flexibility index (Phi) is 2.43. The lowest BCUT2D eigenvalue weighted by molar-refractivity contribution is -0.141. The summed E-state index contributed by atoms with van der Waals surface area (Å²) in [5, 5.41) is 4.59. The number of anilines is 1. The fourth-order valence-corrected chi connectivity index (χ4v) is 3.16. The summed E-state index contributed by atoms with van der Waals surface area (Å²) in [6.07, 6.45) is 5.92. The summed E-state index contributed by atoms with van der Waals surface area (Å²) in [5.41, 5.74) is 9.10. The van der Waals surface area contributed by atoms with Crippen molar-refractivity contribution in [2.45, 2.75) is 57.6 Å². The molecule has 94 valence electrons. The van der Waals surface area contributed by atoms with E-state index in [1.54, 1.807) is 0 Å². The Labute approximate surface area is 102 Å². The molecule has 1 aliphatic heterocycles.